The molecule has 0 amide bonds. The van der Waals surface area contributed by atoms with E-state index in [4.69, 9.17) is 9.84 Å². The summed E-state index contributed by atoms with van der Waals surface area (Å²) >= 11 is 1.59. The normalized spacial score (nSPS) is 24.6. The fourth-order valence-electron chi connectivity index (χ4n) is 5.13. The van der Waals surface area contributed by atoms with Crippen LogP contribution in [0.15, 0.2) is 30.3 Å². The van der Waals surface area contributed by atoms with Crippen LogP contribution in [0.2, 0.25) is 0 Å². The predicted octanol–water partition coefficient (Wildman–Crippen LogP) is 2.67. The number of hydrogen-bond acceptors (Lipinski definition) is 9. The highest BCUT2D eigenvalue weighted by Gasteiger charge is 2.41. The van der Waals surface area contributed by atoms with Crippen LogP contribution in [-0.2, 0) is 9.53 Å². The molecule has 1 fully saturated rings. The number of benzene rings is 1. The maximum absolute atomic E-state index is 11.7. The summed E-state index contributed by atoms with van der Waals surface area (Å²) in [6.07, 6.45) is 1.48. The Kier molecular flexibility index (Phi) is 11.6. The second kappa shape index (κ2) is 14.4. The summed E-state index contributed by atoms with van der Waals surface area (Å²) in [4.78, 5) is 12.7. The summed E-state index contributed by atoms with van der Waals surface area (Å²) in [5.41, 5.74) is 0. The first-order chi connectivity index (χ1) is 17.3. The molecule has 36 heavy (non-hydrogen) atoms. The van der Waals surface area contributed by atoms with E-state index in [2.05, 4.69) is 0 Å². The van der Waals surface area contributed by atoms with E-state index in [1.54, 1.807) is 11.3 Å². The van der Waals surface area contributed by atoms with Gasteiger partial charge in [0.2, 0.25) is 0 Å². The van der Waals surface area contributed by atoms with Gasteiger partial charge in [0.25, 0.3) is 0 Å². The van der Waals surface area contributed by atoms with Gasteiger partial charge in [-0.25, -0.2) is 0 Å². The van der Waals surface area contributed by atoms with Crippen LogP contribution in [0.25, 0.3) is 10.1 Å². The number of thiophene rings is 1. The average molecular weight is 525 g/mol. The summed E-state index contributed by atoms with van der Waals surface area (Å²) in [5, 5.41) is 60.4. The van der Waals surface area contributed by atoms with E-state index in [1.807, 2.05) is 30.3 Å². The van der Waals surface area contributed by atoms with Gasteiger partial charge in [0.15, 0.2) is 0 Å². The molecular formula is C27H40O8S. The van der Waals surface area contributed by atoms with Crippen molar-refractivity contribution in [3.63, 3.8) is 0 Å². The van der Waals surface area contributed by atoms with Crippen LogP contribution in [0.1, 0.15) is 68.8 Å². The number of rotatable bonds is 15. The summed E-state index contributed by atoms with van der Waals surface area (Å²) in [6.45, 7) is -0.944. The lowest BCUT2D eigenvalue weighted by Gasteiger charge is -2.24. The van der Waals surface area contributed by atoms with Crippen molar-refractivity contribution in [1.29, 1.82) is 0 Å². The zero-order valence-electron chi connectivity index (χ0n) is 20.6. The third kappa shape index (κ3) is 8.21. The van der Waals surface area contributed by atoms with E-state index in [-0.39, 0.29) is 24.9 Å². The monoisotopic (exact) mass is 524 g/mol. The molecular weight excluding hydrogens is 484 g/mol. The van der Waals surface area contributed by atoms with Crippen molar-refractivity contribution in [2.75, 3.05) is 13.2 Å². The van der Waals surface area contributed by atoms with Crippen LogP contribution in [0.4, 0.5) is 0 Å². The minimum absolute atomic E-state index is 0.000914. The Morgan fingerprint density at radius 2 is 1.67 bits per heavy atom. The highest BCUT2D eigenvalue weighted by molar-refractivity contribution is 7.19. The number of esters is 1. The maximum atomic E-state index is 11.7. The molecule has 0 aliphatic heterocycles. The number of unbranched alkanes of at least 4 members (excludes halogenated alkanes) is 3. The van der Waals surface area contributed by atoms with E-state index in [0.717, 1.165) is 40.6 Å². The highest BCUT2D eigenvalue weighted by atomic mass is 32.1. The van der Waals surface area contributed by atoms with E-state index in [0.29, 0.717) is 25.7 Å². The van der Waals surface area contributed by atoms with Crippen LogP contribution in [0.3, 0.4) is 0 Å². The van der Waals surface area contributed by atoms with Crippen LogP contribution in [-0.4, -0.2) is 74.2 Å². The number of hydrogen-bond donors (Lipinski definition) is 6. The Hall–Kier alpha value is -1.59. The molecule has 1 saturated carbocycles. The van der Waals surface area contributed by atoms with Gasteiger partial charge in [-0.3, -0.25) is 4.79 Å². The van der Waals surface area contributed by atoms with Crippen molar-refractivity contribution in [2.45, 2.75) is 88.3 Å². The lowest BCUT2D eigenvalue weighted by Crippen LogP contribution is -2.34. The van der Waals surface area contributed by atoms with Crippen molar-refractivity contribution in [1.82, 2.24) is 0 Å². The molecule has 0 bridgehead atoms. The standard InChI is InChI=1S/C27H40O8S/c28-15-23(32)24(33)16-35-27(34)10-4-2-1-3-8-18-19(22(31)14-21(18)30)11-12-20(29)26-13-17-7-5-6-9-25(17)36-26/h5-7,9,13,18-24,28-33H,1-4,8,10-12,14-16H2/t18-,19-,20-,21+,22-,23+,24+/m1/s1. The molecule has 0 spiro atoms. The number of aliphatic hydroxyl groups excluding tert-OH is 6. The molecule has 3 rings (SSSR count). The van der Waals surface area contributed by atoms with Gasteiger partial charge < -0.3 is 35.4 Å². The molecule has 1 aromatic carbocycles. The predicted molar refractivity (Wildman–Crippen MR) is 137 cm³/mol. The summed E-state index contributed by atoms with van der Waals surface area (Å²) in [6, 6.07) is 10.1. The summed E-state index contributed by atoms with van der Waals surface area (Å²) in [7, 11) is 0. The van der Waals surface area contributed by atoms with Crippen molar-refractivity contribution < 1.29 is 40.2 Å². The van der Waals surface area contributed by atoms with Crippen LogP contribution in [0.5, 0.6) is 0 Å². The Morgan fingerprint density at radius 3 is 2.39 bits per heavy atom. The Bertz CT molecular complexity index is 900. The smallest absolute Gasteiger partial charge is 0.305 e. The second-order valence-corrected chi connectivity index (χ2v) is 11.0. The van der Waals surface area contributed by atoms with E-state index >= 15 is 0 Å². The molecule has 0 saturated heterocycles. The minimum Gasteiger partial charge on any atom is -0.463 e. The van der Waals surface area contributed by atoms with Crippen LogP contribution >= 0.6 is 11.3 Å². The molecule has 1 aliphatic carbocycles. The fourth-order valence-corrected chi connectivity index (χ4v) is 6.21. The van der Waals surface area contributed by atoms with Gasteiger partial charge >= 0.3 is 5.97 Å². The molecule has 1 aromatic heterocycles. The van der Waals surface area contributed by atoms with E-state index < -0.39 is 43.1 Å². The molecule has 6 N–H and O–H groups in total. The van der Waals surface area contributed by atoms with Crippen LogP contribution < -0.4 is 0 Å². The van der Waals surface area contributed by atoms with Gasteiger partial charge in [0, 0.05) is 16.0 Å². The molecule has 2 aromatic rings. The van der Waals surface area contributed by atoms with Crippen molar-refractivity contribution in [3.05, 3.63) is 35.2 Å². The fraction of sp³-hybridized carbons (Fsp3) is 0.667. The van der Waals surface area contributed by atoms with Crippen LogP contribution in [0, 0.1) is 11.8 Å². The average Bonchev–Trinajstić information content (AvgIpc) is 3.42. The molecule has 1 heterocycles. The zero-order chi connectivity index (χ0) is 26.1. The lowest BCUT2D eigenvalue weighted by atomic mass is 9.84. The third-order valence-electron chi connectivity index (χ3n) is 7.28. The molecule has 9 heteroatoms. The Balaban J connectivity index is 1.35. The highest BCUT2D eigenvalue weighted by Crippen LogP contribution is 2.41. The minimum atomic E-state index is -1.33. The Labute approximate surface area is 216 Å². The van der Waals surface area contributed by atoms with E-state index in [9.17, 15) is 30.3 Å². The molecule has 202 valence electrons. The van der Waals surface area contributed by atoms with Gasteiger partial charge in [-0.05, 0) is 61.5 Å². The molecule has 7 atom stereocenters. The first-order valence-electron chi connectivity index (χ1n) is 13.0. The van der Waals surface area contributed by atoms with Gasteiger partial charge in [-0.15, -0.1) is 11.3 Å². The topological polar surface area (TPSA) is 148 Å². The van der Waals surface area contributed by atoms with Gasteiger partial charge in [0.05, 0.1) is 24.9 Å². The van der Waals surface area contributed by atoms with Gasteiger partial charge in [-0.2, -0.15) is 0 Å². The summed E-state index contributed by atoms with van der Waals surface area (Å²) < 4.78 is 6.05. The maximum Gasteiger partial charge on any atom is 0.305 e. The molecule has 1 aliphatic rings. The number of carbonyl (C=O) groups excluding carboxylic acids is 1. The Morgan fingerprint density at radius 1 is 0.972 bits per heavy atom. The number of fused-ring (bicyclic) bond motifs is 1. The van der Waals surface area contributed by atoms with Crippen molar-refractivity contribution >= 4 is 27.4 Å². The van der Waals surface area contributed by atoms with E-state index in [1.165, 1.54) is 0 Å². The van der Waals surface area contributed by atoms with Crippen molar-refractivity contribution in [2.24, 2.45) is 11.8 Å². The first-order valence-corrected chi connectivity index (χ1v) is 13.8. The SMILES string of the molecule is O=C(CCCCCC[C@@H]1[C@@H](CC[C@@H](O)c2cc3ccccc3s2)[C@H](O)C[C@@H]1O)OC[C@H](O)[C@@H](O)CO. The largest absolute Gasteiger partial charge is 0.463 e. The molecule has 8 nitrogen and oxygen atoms in total. The number of carbonyl (C=O) groups is 1. The quantitative estimate of drug-likeness (QED) is 0.154. The molecule has 0 radical (unpaired) electrons. The summed E-state index contributed by atoms with van der Waals surface area (Å²) in [5.74, 6) is -0.496. The molecule has 0 unspecified atom stereocenters. The third-order valence-corrected chi connectivity index (χ3v) is 8.50. The lowest BCUT2D eigenvalue weighted by molar-refractivity contribution is -0.149. The van der Waals surface area contributed by atoms with Gasteiger partial charge in [-0.1, -0.05) is 37.5 Å². The van der Waals surface area contributed by atoms with Gasteiger partial charge in [0.1, 0.15) is 18.8 Å². The first kappa shape index (κ1) is 29.0. The number of aliphatic hydroxyl groups is 6. The number of ether oxygens (including phenoxy) is 1. The zero-order valence-corrected chi connectivity index (χ0v) is 21.4. The van der Waals surface area contributed by atoms with Crippen molar-refractivity contribution in [3.8, 4) is 0 Å². The second-order valence-electron chi connectivity index (χ2n) is 9.93.